The minimum absolute atomic E-state index is 0.0986. The summed E-state index contributed by atoms with van der Waals surface area (Å²) in [6.45, 7) is 0.478. The summed E-state index contributed by atoms with van der Waals surface area (Å²) in [5.41, 5.74) is 0. The van der Waals surface area contributed by atoms with Crippen LogP contribution in [-0.2, 0) is 24.1 Å². The number of carbonyl (C=O) groups excluding carboxylic acids is 2. The maximum absolute atomic E-state index is 11.0. The molecule has 0 aliphatic carbocycles. The second-order valence-corrected chi connectivity index (χ2v) is 3.17. The molecule has 0 aliphatic rings. The summed E-state index contributed by atoms with van der Waals surface area (Å²) in [6.07, 6.45) is 2.91. The smallest absolute Gasteiger partial charge is 0.305 e. The van der Waals surface area contributed by atoms with Gasteiger partial charge in [-0.15, -0.1) is 0 Å². The highest BCUT2D eigenvalue weighted by molar-refractivity contribution is 5.76. The fourth-order valence-corrected chi connectivity index (χ4v) is 1.06. The summed E-state index contributed by atoms with van der Waals surface area (Å²) in [5.74, 6) is -0.410. The Morgan fingerprint density at radius 1 is 1.12 bits per heavy atom. The lowest BCUT2D eigenvalue weighted by Gasteiger charge is -2.04. The lowest BCUT2D eigenvalue weighted by atomic mass is 10.2. The van der Waals surface area contributed by atoms with Crippen molar-refractivity contribution in [2.75, 3.05) is 27.4 Å². The number of hydrogen-bond donors (Lipinski definition) is 1. The number of rotatable bonds is 9. The Hall–Kier alpha value is -1.14. The van der Waals surface area contributed by atoms with Crippen molar-refractivity contribution < 1.29 is 24.1 Å². The predicted molar refractivity (Wildman–Crippen MR) is 56.5 cm³/mol. The molecule has 0 unspecified atom stereocenters. The van der Waals surface area contributed by atoms with E-state index in [2.05, 4.69) is 19.8 Å². The molecule has 0 aromatic carbocycles. The molecule has 16 heavy (non-hydrogen) atoms. The topological polar surface area (TPSA) is 73.9 Å². The van der Waals surface area contributed by atoms with Crippen LogP contribution in [0.25, 0.3) is 0 Å². The predicted octanol–water partition coefficient (Wildman–Crippen LogP) is 0.414. The van der Waals surface area contributed by atoms with Crippen LogP contribution in [0.3, 0.4) is 0 Å². The van der Waals surface area contributed by atoms with E-state index >= 15 is 0 Å². The van der Waals surface area contributed by atoms with E-state index in [1.165, 1.54) is 14.2 Å². The molecule has 6 heteroatoms. The van der Waals surface area contributed by atoms with Gasteiger partial charge in [-0.1, -0.05) is 6.42 Å². The van der Waals surface area contributed by atoms with E-state index in [-0.39, 0.29) is 18.5 Å². The van der Waals surface area contributed by atoms with Gasteiger partial charge in [-0.05, 0) is 12.8 Å². The molecule has 0 bridgehead atoms. The molecule has 0 fully saturated rings. The summed E-state index contributed by atoms with van der Waals surface area (Å²) < 4.78 is 4.50. The molecule has 0 saturated carbocycles. The van der Waals surface area contributed by atoms with Gasteiger partial charge in [-0.2, -0.15) is 0 Å². The van der Waals surface area contributed by atoms with Crippen LogP contribution >= 0.6 is 0 Å². The quantitative estimate of drug-likeness (QED) is 0.270. The summed E-state index contributed by atoms with van der Waals surface area (Å²) in [6, 6.07) is 0. The van der Waals surface area contributed by atoms with Crippen LogP contribution < -0.4 is 5.32 Å². The molecule has 0 radical (unpaired) electrons. The van der Waals surface area contributed by atoms with Crippen LogP contribution in [0.1, 0.15) is 25.7 Å². The van der Waals surface area contributed by atoms with Crippen molar-refractivity contribution in [2.24, 2.45) is 0 Å². The van der Waals surface area contributed by atoms with Gasteiger partial charge in [0.05, 0.1) is 14.2 Å². The minimum atomic E-state index is -0.213. The molecule has 0 rings (SSSR count). The molecule has 6 nitrogen and oxygen atoms in total. The zero-order valence-electron chi connectivity index (χ0n) is 9.78. The van der Waals surface area contributed by atoms with Gasteiger partial charge in [-0.3, -0.25) is 9.59 Å². The van der Waals surface area contributed by atoms with Gasteiger partial charge >= 0.3 is 5.97 Å². The van der Waals surface area contributed by atoms with Crippen LogP contribution in [0, 0.1) is 0 Å². The molecule has 0 heterocycles. The molecule has 0 aliphatic heterocycles. The third-order valence-corrected chi connectivity index (χ3v) is 1.92. The van der Waals surface area contributed by atoms with Crippen LogP contribution in [-0.4, -0.2) is 39.2 Å². The molecule has 1 N–H and O–H groups in total. The fraction of sp³-hybridized carbons (Fsp3) is 0.800. The minimum Gasteiger partial charge on any atom is -0.469 e. The first-order chi connectivity index (χ1) is 7.70. The van der Waals surface area contributed by atoms with Crippen molar-refractivity contribution in [1.82, 2.24) is 5.32 Å². The van der Waals surface area contributed by atoms with Gasteiger partial charge in [0.2, 0.25) is 5.91 Å². The largest absolute Gasteiger partial charge is 0.469 e. The SMILES string of the molecule is COOCC(=O)NCCCCCC(=O)OC. The van der Waals surface area contributed by atoms with E-state index in [4.69, 9.17) is 0 Å². The summed E-state index contributed by atoms with van der Waals surface area (Å²) in [5, 5.41) is 2.66. The Morgan fingerprint density at radius 3 is 2.50 bits per heavy atom. The highest BCUT2D eigenvalue weighted by Gasteiger charge is 2.01. The van der Waals surface area contributed by atoms with Crippen LogP contribution in [0.4, 0.5) is 0 Å². The van der Waals surface area contributed by atoms with Crippen LogP contribution in [0.15, 0.2) is 0 Å². The Bertz CT molecular complexity index is 207. The fourth-order valence-electron chi connectivity index (χ4n) is 1.06. The molecule has 1 amide bonds. The molecule has 0 saturated heterocycles. The Labute approximate surface area is 95.2 Å². The van der Waals surface area contributed by atoms with Crippen molar-refractivity contribution in [3.8, 4) is 0 Å². The maximum Gasteiger partial charge on any atom is 0.305 e. The Balaban J connectivity index is 3.20. The van der Waals surface area contributed by atoms with E-state index in [0.717, 1.165) is 19.3 Å². The second-order valence-electron chi connectivity index (χ2n) is 3.17. The van der Waals surface area contributed by atoms with E-state index in [1.54, 1.807) is 0 Å². The number of carbonyl (C=O) groups is 2. The first-order valence-electron chi connectivity index (χ1n) is 5.19. The molecular formula is C10H19NO5. The standard InChI is InChI=1S/C10H19NO5/c1-14-10(13)6-4-3-5-7-11-9(12)8-16-15-2/h3-8H2,1-2H3,(H,11,12). The van der Waals surface area contributed by atoms with Crippen molar-refractivity contribution in [1.29, 1.82) is 0 Å². The van der Waals surface area contributed by atoms with Crippen LogP contribution in [0.5, 0.6) is 0 Å². The first kappa shape index (κ1) is 14.9. The summed E-state index contributed by atoms with van der Waals surface area (Å²) >= 11 is 0. The molecular weight excluding hydrogens is 214 g/mol. The van der Waals surface area contributed by atoms with Crippen molar-refractivity contribution in [3.05, 3.63) is 0 Å². The van der Waals surface area contributed by atoms with Gasteiger partial charge in [0.25, 0.3) is 0 Å². The third-order valence-electron chi connectivity index (χ3n) is 1.92. The number of unbranched alkanes of at least 4 members (excludes halogenated alkanes) is 2. The van der Waals surface area contributed by atoms with E-state index in [0.29, 0.717) is 13.0 Å². The molecule has 0 spiro atoms. The molecule has 0 aromatic heterocycles. The third kappa shape index (κ3) is 9.42. The Kier molecular flexibility index (Phi) is 9.64. The molecule has 0 atom stereocenters. The summed E-state index contributed by atoms with van der Waals surface area (Å²) in [7, 11) is 2.72. The highest BCUT2D eigenvalue weighted by atomic mass is 17.2. The Morgan fingerprint density at radius 2 is 1.88 bits per heavy atom. The van der Waals surface area contributed by atoms with Crippen molar-refractivity contribution >= 4 is 11.9 Å². The second kappa shape index (κ2) is 10.4. The number of methoxy groups -OCH3 is 1. The van der Waals surface area contributed by atoms with Gasteiger partial charge in [0.15, 0.2) is 6.61 Å². The highest BCUT2D eigenvalue weighted by Crippen LogP contribution is 1.99. The van der Waals surface area contributed by atoms with E-state index in [9.17, 15) is 9.59 Å². The van der Waals surface area contributed by atoms with Gasteiger partial charge in [-0.25, -0.2) is 9.78 Å². The average molecular weight is 233 g/mol. The van der Waals surface area contributed by atoms with Crippen molar-refractivity contribution in [2.45, 2.75) is 25.7 Å². The van der Waals surface area contributed by atoms with Gasteiger partial charge in [0, 0.05) is 13.0 Å². The van der Waals surface area contributed by atoms with E-state index < -0.39 is 0 Å². The first-order valence-corrected chi connectivity index (χ1v) is 5.19. The summed E-state index contributed by atoms with van der Waals surface area (Å²) in [4.78, 5) is 30.5. The number of ether oxygens (including phenoxy) is 1. The zero-order valence-corrected chi connectivity index (χ0v) is 9.78. The number of nitrogens with one attached hydrogen (secondary N) is 1. The van der Waals surface area contributed by atoms with E-state index in [1.807, 2.05) is 0 Å². The number of amides is 1. The van der Waals surface area contributed by atoms with Gasteiger partial charge < -0.3 is 10.1 Å². The van der Waals surface area contributed by atoms with Crippen LogP contribution in [0.2, 0.25) is 0 Å². The lowest BCUT2D eigenvalue weighted by molar-refractivity contribution is -0.267. The maximum atomic E-state index is 11.0. The zero-order chi connectivity index (χ0) is 12.2. The monoisotopic (exact) mass is 233 g/mol. The average Bonchev–Trinajstić information content (AvgIpc) is 2.30. The lowest BCUT2D eigenvalue weighted by Crippen LogP contribution is -2.28. The number of hydrogen-bond acceptors (Lipinski definition) is 5. The van der Waals surface area contributed by atoms with Crippen molar-refractivity contribution in [3.63, 3.8) is 0 Å². The van der Waals surface area contributed by atoms with Gasteiger partial charge in [0.1, 0.15) is 0 Å². The number of esters is 1. The normalized spacial score (nSPS) is 9.88. The molecule has 0 aromatic rings. The molecule has 94 valence electrons.